The second-order valence-electron chi connectivity index (χ2n) is 8.83. The van der Waals surface area contributed by atoms with Gasteiger partial charge in [0.15, 0.2) is 0 Å². The number of anilines is 1. The Balaban J connectivity index is 1.56. The van der Waals surface area contributed by atoms with E-state index in [9.17, 15) is 0 Å². The Labute approximate surface area is 177 Å². The molecule has 8 nitrogen and oxygen atoms in total. The molecule has 3 aromatic rings. The van der Waals surface area contributed by atoms with Gasteiger partial charge >= 0.3 is 0 Å². The summed E-state index contributed by atoms with van der Waals surface area (Å²) >= 11 is 0. The Morgan fingerprint density at radius 2 is 2.00 bits per heavy atom. The Kier molecular flexibility index (Phi) is 5.42. The third-order valence-electron chi connectivity index (χ3n) is 5.26. The molecule has 8 heteroatoms. The SMILES string of the molecule is COc1cc(-c2cn[nH]c2)cc(C)c1-c1cnc(N2CCC(NC(C)(C)C)C2)nn1. The molecule has 2 aromatic heterocycles. The van der Waals surface area contributed by atoms with Crippen LogP contribution in [0.15, 0.2) is 30.7 Å². The zero-order chi connectivity index (χ0) is 21.3. The van der Waals surface area contributed by atoms with E-state index in [-0.39, 0.29) is 5.54 Å². The molecule has 0 spiro atoms. The van der Waals surface area contributed by atoms with Crippen LogP contribution in [0.1, 0.15) is 32.8 Å². The maximum atomic E-state index is 5.66. The van der Waals surface area contributed by atoms with Crippen LogP contribution in [0.4, 0.5) is 5.95 Å². The Hall–Kier alpha value is -3.00. The number of nitrogens with zero attached hydrogens (tertiary/aromatic N) is 5. The highest BCUT2D eigenvalue weighted by atomic mass is 16.5. The molecule has 0 saturated carbocycles. The summed E-state index contributed by atoms with van der Waals surface area (Å²) < 4.78 is 5.66. The van der Waals surface area contributed by atoms with Crippen molar-refractivity contribution in [2.24, 2.45) is 0 Å². The zero-order valence-corrected chi connectivity index (χ0v) is 18.2. The van der Waals surface area contributed by atoms with Crippen molar-refractivity contribution in [2.75, 3.05) is 25.1 Å². The maximum absolute atomic E-state index is 5.66. The van der Waals surface area contributed by atoms with Gasteiger partial charge in [0, 0.05) is 42.0 Å². The minimum atomic E-state index is 0.0976. The fourth-order valence-corrected chi connectivity index (χ4v) is 4.02. The molecule has 1 aliphatic rings. The first-order valence-corrected chi connectivity index (χ1v) is 10.2. The van der Waals surface area contributed by atoms with Crippen LogP contribution in [0.5, 0.6) is 5.75 Å². The van der Waals surface area contributed by atoms with Gasteiger partial charge in [-0.15, -0.1) is 10.2 Å². The highest BCUT2D eigenvalue weighted by Crippen LogP contribution is 2.36. The number of benzene rings is 1. The van der Waals surface area contributed by atoms with E-state index >= 15 is 0 Å². The van der Waals surface area contributed by atoms with Gasteiger partial charge in [-0.25, -0.2) is 4.98 Å². The molecule has 1 atom stereocenters. The van der Waals surface area contributed by atoms with Crippen molar-refractivity contribution in [3.05, 3.63) is 36.3 Å². The summed E-state index contributed by atoms with van der Waals surface area (Å²) in [5.74, 6) is 1.41. The topological polar surface area (TPSA) is 91.8 Å². The average molecular weight is 408 g/mol. The molecule has 3 heterocycles. The quantitative estimate of drug-likeness (QED) is 0.671. The van der Waals surface area contributed by atoms with Crippen LogP contribution in [-0.4, -0.2) is 57.2 Å². The summed E-state index contributed by atoms with van der Waals surface area (Å²) in [6.07, 6.45) is 6.52. The number of aromatic nitrogens is 5. The van der Waals surface area contributed by atoms with Crippen molar-refractivity contribution in [1.82, 2.24) is 30.7 Å². The van der Waals surface area contributed by atoms with E-state index in [1.54, 1.807) is 19.5 Å². The fraction of sp³-hybridized carbons (Fsp3) is 0.455. The number of H-pyrrole nitrogens is 1. The van der Waals surface area contributed by atoms with Gasteiger partial charge < -0.3 is 15.0 Å². The lowest BCUT2D eigenvalue weighted by Crippen LogP contribution is -2.45. The Bertz CT molecular complexity index is 994. The van der Waals surface area contributed by atoms with E-state index in [1.165, 1.54) is 0 Å². The Morgan fingerprint density at radius 1 is 1.17 bits per heavy atom. The number of aromatic amines is 1. The molecule has 1 saturated heterocycles. The molecular weight excluding hydrogens is 378 g/mol. The van der Waals surface area contributed by atoms with E-state index < -0.39 is 0 Å². The third kappa shape index (κ3) is 4.28. The van der Waals surface area contributed by atoms with Crippen molar-refractivity contribution < 1.29 is 4.74 Å². The van der Waals surface area contributed by atoms with Gasteiger partial charge in [0.25, 0.3) is 0 Å². The number of aryl methyl sites for hydroxylation is 1. The molecule has 158 valence electrons. The lowest BCUT2D eigenvalue weighted by Gasteiger charge is -2.25. The molecule has 1 fully saturated rings. The molecule has 2 N–H and O–H groups in total. The smallest absolute Gasteiger partial charge is 0.245 e. The van der Waals surface area contributed by atoms with Crippen LogP contribution >= 0.6 is 0 Å². The second kappa shape index (κ2) is 8.02. The van der Waals surface area contributed by atoms with Gasteiger partial charge in [-0.1, -0.05) is 6.07 Å². The standard InChI is InChI=1S/C22H29N7O/c1-14-8-15(16-10-24-25-11-16)9-19(30-5)20(14)18-12-23-21(28-27-18)29-7-6-17(13-29)26-22(2,3)4/h8-12,17,26H,6-7,13H2,1-5H3,(H,24,25). The minimum absolute atomic E-state index is 0.0976. The molecule has 1 aromatic carbocycles. The van der Waals surface area contributed by atoms with E-state index in [0.717, 1.165) is 47.5 Å². The maximum Gasteiger partial charge on any atom is 0.245 e. The molecule has 0 bridgehead atoms. The molecule has 4 rings (SSSR count). The summed E-state index contributed by atoms with van der Waals surface area (Å²) in [6, 6.07) is 4.53. The number of nitrogens with one attached hydrogen (secondary N) is 2. The number of methoxy groups -OCH3 is 1. The first-order chi connectivity index (χ1) is 14.3. The van der Waals surface area contributed by atoms with Crippen molar-refractivity contribution in [3.63, 3.8) is 0 Å². The molecule has 1 unspecified atom stereocenters. The number of hydrogen-bond acceptors (Lipinski definition) is 7. The van der Waals surface area contributed by atoms with Gasteiger partial charge in [0.1, 0.15) is 11.4 Å². The van der Waals surface area contributed by atoms with E-state index in [4.69, 9.17) is 4.74 Å². The van der Waals surface area contributed by atoms with Crippen LogP contribution in [0.3, 0.4) is 0 Å². The first-order valence-electron chi connectivity index (χ1n) is 10.2. The van der Waals surface area contributed by atoms with Gasteiger partial charge in [-0.2, -0.15) is 5.10 Å². The highest BCUT2D eigenvalue weighted by Gasteiger charge is 2.27. The summed E-state index contributed by atoms with van der Waals surface area (Å²) in [5, 5.41) is 19.4. The molecule has 0 amide bonds. The summed E-state index contributed by atoms with van der Waals surface area (Å²) in [6.45, 7) is 10.4. The minimum Gasteiger partial charge on any atom is -0.496 e. The van der Waals surface area contributed by atoms with E-state index in [0.29, 0.717) is 17.7 Å². The largest absolute Gasteiger partial charge is 0.496 e. The van der Waals surface area contributed by atoms with Gasteiger partial charge in [-0.05, 0) is 51.3 Å². The fourth-order valence-electron chi connectivity index (χ4n) is 4.02. The molecular formula is C22H29N7O. The molecule has 30 heavy (non-hydrogen) atoms. The zero-order valence-electron chi connectivity index (χ0n) is 18.2. The Morgan fingerprint density at radius 3 is 2.63 bits per heavy atom. The van der Waals surface area contributed by atoms with E-state index in [1.807, 2.05) is 19.2 Å². The van der Waals surface area contributed by atoms with Gasteiger partial charge in [0.05, 0.1) is 19.5 Å². The highest BCUT2D eigenvalue weighted by molar-refractivity contribution is 5.77. The predicted molar refractivity (Wildman–Crippen MR) is 118 cm³/mol. The van der Waals surface area contributed by atoms with Gasteiger partial charge in [-0.3, -0.25) is 5.10 Å². The predicted octanol–water partition coefficient (Wildman–Crippen LogP) is 3.21. The van der Waals surface area contributed by atoms with Crippen LogP contribution in [-0.2, 0) is 0 Å². The number of hydrogen-bond donors (Lipinski definition) is 2. The lowest BCUT2D eigenvalue weighted by molar-refractivity contribution is 0.373. The molecule has 1 aliphatic heterocycles. The monoisotopic (exact) mass is 407 g/mol. The first kappa shape index (κ1) is 20.3. The lowest BCUT2D eigenvalue weighted by atomic mass is 9.99. The van der Waals surface area contributed by atoms with Crippen molar-refractivity contribution >= 4 is 5.95 Å². The van der Waals surface area contributed by atoms with Crippen molar-refractivity contribution in [1.29, 1.82) is 0 Å². The average Bonchev–Trinajstić information content (AvgIpc) is 3.38. The van der Waals surface area contributed by atoms with E-state index in [2.05, 4.69) is 62.4 Å². The third-order valence-corrected chi connectivity index (χ3v) is 5.26. The summed E-state index contributed by atoms with van der Waals surface area (Å²) in [7, 11) is 1.67. The van der Waals surface area contributed by atoms with Crippen LogP contribution in [0.2, 0.25) is 0 Å². The van der Waals surface area contributed by atoms with Crippen molar-refractivity contribution in [2.45, 2.75) is 45.7 Å². The van der Waals surface area contributed by atoms with Crippen LogP contribution in [0.25, 0.3) is 22.4 Å². The number of rotatable bonds is 5. The molecule has 0 radical (unpaired) electrons. The second-order valence-corrected chi connectivity index (χ2v) is 8.83. The normalized spacial score (nSPS) is 16.8. The van der Waals surface area contributed by atoms with Gasteiger partial charge in [0.2, 0.25) is 5.95 Å². The number of ether oxygens (including phenoxy) is 1. The van der Waals surface area contributed by atoms with Crippen LogP contribution in [0, 0.1) is 6.92 Å². The molecule has 0 aliphatic carbocycles. The summed E-state index contributed by atoms with van der Waals surface area (Å²) in [5.41, 5.74) is 4.80. The van der Waals surface area contributed by atoms with Crippen molar-refractivity contribution in [3.8, 4) is 28.1 Å². The summed E-state index contributed by atoms with van der Waals surface area (Å²) in [4.78, 5) is 6.80. The van der Waals surface area contributed by atoms with Crippen LogP contribution < -0.4 is 15.0 Å².